The zero-order chi connectivity index (χ0) is 12.4. The molecule has 0 unspecified atom stereocenters. The second kappa shape index (κ2) is 4.87. The molecule has 5 nitrogen and oxygen atoms in total. The van der Waals surface area contributed by atoms with Gasteiger partial charge in [0.1, 0.15) is 0 Å². The summed E-state index contributed by atoms with van der Waals surface area (Å²) in [5, 5.41) is 13.2. The molecule has 1 saturated heterocycles. The lowest BCUT2D eigenvalue weighted by molar-refractivity contribution is -0.142. The average Bonchev–Trinajstić information content (AvgIpc) is 2.82. The third-order valence-corrected chi connectivity index (χ3v) is 3.61. The highest BCUT2D eigenvalue weighted by atomic mass is 16.4. The van der Waals surface area contributed by atoms with E-state index in [2.05, 4.69) is 10.00 Å². The maximum Gasteiger partial charge on any atom is 0.308 e. The smallest absolute Gasteiger partial charge is 0.308 e. The Morgan fingerprint density at radius 2 is 2.35 bits per heavy atom. The standard InChI is InChI=1S/C12H19N3O2/c1-9-7-15(8-11(9)12(16)17)6-4-10-3-5-13-14(10)2/h3,5,9,11H,4,6-8H2,1-2H3,(H,16,17)/t9-,11-/m1/s1. The maximum atomic E-state index is 11.0. The van der Waals surface area contributed by atoms with Crippen LogP contribution in [0.5, 0.6) is 0 Å². The summed E-state index contributed by atoms with van der Waals surface area (Å²) in [4.78, 5) is 13.2. The van der Waals surface area contributed by atoms with Crippen LogP contribution in [0.4, 0.5) is 0 Å². The van der Waals surface area contributed by atoms with Crippen LogP contribution in [0.2, 0.25) is 0 Å². The van der Waals surface area contributed by atoms with E-state index in [1.807, 2.05) is 24.7 Å². The quantitative estimate of drug-likeness (QED) is 0.834. The molecule has 1 N–H and O–H groups in total. The van der Waals surface area contributed by atoms with Crippen molar-refractivity contribution in [3.05, 3.63) is 18.0 Å². The summed E-state index contributed by atoms with van der Waals surface area (Å²) in [5.41, 5.74) is 1.19. The molecule has 0 spiro atoms. The van der Waals surface area contributed by atoms with Gasteiger partial charge in [-0.05, 0) is 12.0 Å². The van der Waals surface area contributed by atoms with E-state index in [9.17, 15) is 4.79 Å². The molecule has 0 aliphatic carbocycles. The first-order chi connectivity index (χ1) is 8.08. The predicted octanol–water partition coefficient (Wildman–Crippen LogP) is 0.615. The normalized spacial score (nSPS) is 25.3. The number of nitrogens with zero attached hydrogens (tertiary/aromatic N) is 3. The van der Waals surface area contributed by atoms with Crippen LogP contribution >= 0.6 is 0 Å². The number of aryl methyl sites for hydroxylation is 1. The second-order valence-electron chi connectivity index (χ2n) is 4.88. The number of rotatable bonds is 4. The summed E-state index contributed by atoms with van der Waals surface area (Å²) in [7, 11) is 1.93. The third-order valence-electron chi connectivity index (χ3n) is 3.61. The van der Waals surface area contributed by atoms with E-state index in [0.717, 1.165) is 19.5 Å². The Morgan fingerprint density at radius 3 is 2.88 bits per heavy atom. The van der Waals surface area contributed by atoms with Gasteiger partial charge in [0.2, 0.25) is 0 Å². The van der Waals surface area contributed by atoms with Gasteiger partial charge in [-0.3, -0.25) is 9.48 Å². The average molecular weight is 237 g/mol. The van der Waals surface area contributed by atoms with E-state index in [1.54, 1.807) is 6.20 Å². The maximum absolute atomic E-state index is 11.0. The van der Waals surface area contributed by atoms with Crippen LogP contribution < -0.4 is 0 Å². The highest BCUT2D eigenvalue weighted by molar-refractivity contribution is 5.71. The van der Waals surface area contributed by atoms with Gasteiger partial charge in [0.25, 0.3) is 0 Å². The van der Waals surface area contributed by atoms with Gasteiger partial charge in [-0.2, -0.15) is 5.10 Å². The summed E-state index contributed by atoms with van der Waals surface area (Å²) in [5.74, 6) is -0.624. The molecule has 1 fully saturated rings. The van der Waals surface area contributed by atoms with E-state index in [1.165, 1.54) is 5.69 Å². The van der Waals surface area contributed by atoms with Crippen molar-refractivity contribution < 1.29 is 9.90 Å². The van der Waals surface area contributed by atoms with Crippen molar-refractivity contribution in [3.63, 3.8) is 0 Å². The van der Waals surface area contributed by atoms with Gasteiger partial charge in [-0.1, -0.05) is 6.92 Å². The number of hydrogen-bond donors (Lipinski definition) is 1. The van der Waals surface area contributed by atoms with Crippen molar-refractivity contribution in [1.82, 2.24) is 14.7 Å². The molecule has 5 heteroatoms. The van der Waals surface area contributed by atoms with E-state index in [4.69, 9.17) is 5.11 Å². The zero-order valence-electron chi connectivity index (χ0n) is 10.3. The van der Waals surface area contributed by atoms with Crippen LogP contribution in [-0.4, -0.2) is 45.4 Å². The molecular weight excluding hydrogens is 218 g/mol. The van der Waals surface area contributed by atoms with Gasteiger partial charge in [0, 0.05) is 45.0 Å². The molecule has 0 saturated carbocycles. The zero-order valence-corrected chi connectivity index (χ0v) is 10.3. The van der Waals surface area contributed by atoms with E-state index in [0.29, 0.717) is 6.54 Å². The van der Waals surface area contributed by atoms with Crippen molar-refractivity contribution in [2.45, 2.75) is 13.3 Å². The Hall–Kier alpha value is -1.36. The number of carboxylic acid groups (broad SMARTS) is 1. The molecule has 0 bridgehead atoms. The first-order valence-electron chi connectivity index (χ1n) is 6.00. The summed E-state index contributed by atoms with van der Waals surface area (Å²) in [6.07, 6.45) is 2.72. The SMILES string of the molecule is C[C@@H]1CN(CCc2ccnn2C)C[C@H]1C(=O)O. The molecule has 0 radical (unpaired) electrons. The summed E-state index contributed by atoms with van der Waals surface area (Å²) in [6, 6.07) is 2.01. The topological polar surface area (TPSA) is 58.4 Å². The predicted molar refractivity (Wildman–Crippen MR) is 63.6 cm³/mol. The van der Waals surface area contributed by atoms with Gasteiger partial charge in [0.05, 0.1) is 5.92 Å². The lowest BCUT2D eigenvalue weighted by Gasteiger charge is -2.14. The van der Waals surface area contributed by atoms with Gasteiger partial charge in [0.15, 0.2) is 0 Å². The molecule has 2 atom stereocenters. The summed E-state index contributed by atoms with van der Waals surface area (Å²) in [6.45, 7) is 4.49. The van der Waals surface area contributed by atoms with Crippen LogP contribution in [0.3, 0.4) is 0 Å². The van der Waals surface area contributed by atoms with Crippen LogP contribution in [0.1, 0.15) is 12.6 Å². The van der Waals surface area contributed by atoms with Gasteiger partial charge >= 0.3 is 5.97 Å². The number of likely N-dealkylation sites (tertiary alicyclic amines) is 1. The lowest BCUT2D eigenvalue weighted by Crippen LogP contribution is -2.25. The van der Waals surface area contributed by atoms with Crippen LogP contribution in [0, 0.1) is 11.8 Å². The molecule has 94 valence electrons. The highest BCUT2D eigenvalue weighted by Crippen LogP contribution is 2.23. The van der Waals surface area contributed by atoms with Crippen molar-refractivity contribution >= 4 is 5.97 Å². The van der Waals surface area contributed by atoms with Crippen molar-refractivity contribution in [2.75, 3.05) is 19.6 Å². The van der Waals surface area contributed by atoms with Crippen LogP contribution in [0.15, 0.2) is 12.3 Å². The first-order valence-corrected chi connectivity index (χ1v) is 6.00. The highest BCUT2D eigenvalue weighted by Gasteiger charge is 2.34. The number of carbonyl (C=O) groups is 1. The summed E-state index contributed by atoms with van der Waals surface area (Å²) >= 11 is 0. The molecule has 0 aromatic carbocycles. The molecule has 0 amide bonds. The van der Waals surface area contributed by atoms with Gasteiger partial charge < -0.3 is 10.0 Å². The first kappa shape index (κ1) is 12.1. The van der Waals surface area contributed by atoms with E-state index in [-0.39, 0.29) is 11.8 Å². The molecule has 1 aromatic heterocycles. The van der Waals surface area contributed by atoms with Crippen molar-refractivity contribution in [1.29, 1.82) is 0 Å². The molecule has 1 aliphatic heterocycles. The summed E-state index contributed by atoms with van der Waals surface area (Å²) < 4.78 is 1.87. The van der Waals surface area contributed by atoms with Gasteiger partial charge in [-0.15, -0.1) is 0 Å². The fourth-order valence-corrected chi connectivity index (χ4v) is 2.49. The fourth-order valence-electron chi connectivity index (χ4n) is 2.49. The minimum atomic E-state index is -0.666. The van der Waals surface area contributed by atoms with E-state index < -0.39 is 5.97 Å². The Balaban J connectivity index is 1.86. The Morgan fingerprint density at radius 1 is 1.59 bits per heavy atom. The minimum absolute atomic E-state index is 0.207. The molecule has 1 aliphatic rings. The Kier molecular flexibility index (Phi) is 3.47. The number of carboxylic acids is 1. The monoisotopic (exact) mass is 237 g/mol. The van der Waals surface area contributed by atoms with Crippen molar-refractivity contribution in [3.8, 4) is 0 Å². The molecule has 2 heterocycles. The van der Waals surface area contributed by atoms with Crippen LogP contribution in [-0.2, 0) is 18.3 Å². The van der Waals surface area contributed by atoms with Crippen LogP contribution in [0.25, 0.3) is 0 Å². The minimum Gasteiger partial charge on any atom is -0.481 e. The molecule has 17 heavy (non-hydrogen) atoms. The van der Waals surface area contributed by atoms with E-state index >= 15 is 0 Å². The number of hydrogen-bond acceptors (Lipinski definition) is 3. The van der Waals surface area contributed by atoms with Gasteiger partial charge in [-0.25, -0.2) is 0 Å². The third kappa shape index (κ3) is 2.66. The van der Waals surface area contributed by atoms with Crippen molar-refractivity contribution in [2.24, 2.45) is 18.9 Å². The molecular formula is C12H19N3O2. The fraction of sp³-hybridized carbons (Fsp3) is 0.667. The largest absolute Gasteiger partial charge is 0.481 e. The Labute approximate surface area is 101 Å². The Bertz CT molecular complexity index is 402. The number of aromatic nitrogens is 2. The second-order valence-corrected chi connectivity index (χ2v) is 4.88. The molecule has 2 rings (SSSR count). The number of aliphatic carboxylic acids is 1. The molecule has 1 aromatic rings. The lowest BCUT2D eigenvalue weighted by atomic mass is 9.99.